The van der Waals surface area contributed by atoms with Crippen molar-refractivity contribution in [3.63, 3.8) is 0 Å². The second kappa shape index (κ2) is 17.8. The van der Waals surface area contributed by atoms with Crippen LogP contribution in [0.3, 0.4) is 0 Å². The summed E-state index contributed by atoms with van der Waals surface area (Å²) in [5, 5.41) is 18.1. The predicted molar refractivity (Wildman–Crippen MR) is 161 cm³/mol. The Labute approximate surface area is 244 Å². The van der Waals surface area contributed by atoms with Gasteiger partial charge in [-0.3, -0.25) is 9.59 Å². The number of rotatable bonds is 19. The zero-order chi connectivity index (χ0) is 31.1. The van der Waals surface area contributed by atoms with Gasteiger partial charge in [0.25, 0.3) is 0 Å². The van der Waals surface area contributed by atoms with Crippen LogP contribution in [0.1, 0.15) is 108 Å². The van der Waals surface area contributed by atoms with Crippen molar-refractivity contribution in [2.75, 3.05) is 32.8 Å². The zero-order valence-corrected chi connectivity index (χ0v) is 27.4. The van der Waals surface area contributed by atoms with Crippen molar-refractivity contribution in [3.05, 3.63) is 0 Å². The monoisotopic (exact) mass is 571 g/mol. The lowest BCUT2D eigenvalue weighted by molar-refractivity contribution is -0.131. The van der Waals surface area contributed by atoms with Crippen LogP contribution in [0.4, 0.5) is 4.79 Å². The average Bonchev–Trinajstić information content (AvgIpc) is 2.79. The molecule has 236 valence electrons. The van der Waals surface area contributed by atoms with Gasteiger partial charge in [0.05, 0.1) is 25.8 Å². The molecule has 2 atom stereocenters. The van der Waals surface area contributed by atoms with Crippen molar-refractivity contribution in [3.8, 4) is 0 Å². The van der Waals surface area contributed by atoms with Gasteiger partial charge < -0.3 is 30.5 Å². The third kappa shape index (κ3) is 17.7. The molecule has 0 aromatic carbocycles. The summed E-state index contributed by atoms with van der Waals surface area (Å²) >= 11 is 0. The molecule has 0 radical (unpaired) electrons. The van der Waals surface area contributed by atoms with Crippen LogP contribution < -0.4 is 16.0 Å². The van der Waals surface area contributed by atoms with Crippen LogP contribution in [0, 0.1) is 28.1 Å². The molecule has 0 heterocycles. The molecular formula is C31H61N3O6. The Bertz CT molecular complexity index is 759. The van der Waals surface area contributed by atoms with Gasteiger partial charge in [-0.1, -0.05) is 68.7 Å². The molecular weight excluding hydrogens is 510 g/mol. The molecule has 2 unspecified atom stereocenters. The highest BCUT2D eigenvalue weighted by molar-refractivity contribution is 5.82. The third-order valence-corrected chi connectivity index (χ3v) is 6.61. The highest BCUT2D eigenvalue weighted by atomic mass is 16.6. The number of alkyl carbamates (subject to hydrolysis) is 1. The first-order valence-corrected chi connectivity index (χ1v) is 15.0. The van der Waals surface area contributed by atoms with E-state index in [1.165, 1.54) is 0 Å². The number of unbranched alkanes of at least 4 members (excludes halogenated alkanes) is 1. The fourth-order valence-electron chi connectivity index (χ4n) is 5.06. The minimum atomic E-state index is -0.722. The van der Waals surface area contributed by atoms with Gasteiger partial charge in [0.1, 0.15) is 6.10 Å². The Balaban J connectivity index is 5.02. The fourth-order valence-corrected chi connectivity index (χ4v) is 5.06. The van der Waals surface area contributed by atoms with Crippen molar-refractivity contribution in [2.24, 2.45) is 28.1 Å². The van der Waals surface area contributed by atoms with Crippen LogP contribution in [0.15, 0.2) is 0 Å². The number of ether oxygens (including phenoxy) is 2. The molecule has 9 heteroatoms. The van der Waals surface area contributed by atoms with E-state index in [4.69, 9.17) is 9.47 Å². The van der Waals surface area contributed by atoms with E-state index in [1.54, 1.807) is 0 Å². The van der Waals surface area contributed by atoms with E-state index in [0.29, 0.717) is 25.5 Å². The Morgan fingerprint density at radius 3 is 1.82 bits per heavy atom. The highest BCUT2D eigenvalue weighted by Crippen LogP contribution is 2.33. The van der Waals surface area contributed by atoms with Gasteiger partial charge in [0, 0.05) is 29.9 Å². The first-order chi connectivity index (χ1) is 18.3. The summed E-state index contributed by atoms with van der Waals surface area (Å²) in [5.74, 6) is 0.198. The maximum absolute atomic E-state index is 13.0. The van der Waals surface area contributed by atoms with Crippen LogP contribution in [-0.2, 0) is 19.1 Å². The second-order valence-corrected chi connectivity index (χ2v) is 14.4. The Hall–Kier alpha value is -1.87. The third-order valence-electron chi connectivity index (χ3n) is 6.61. The molecule has 0 fully saturated rings. The van der Waals surface area contributed by atoms with Gasteiger partial charge in [0.2, 0.25) is 11.8 Å². The summed E-state index contributed by atoms with van der Waals surface area (Å²) in [6, 6.07) is 0. The number of hydrogen-bond donors (Lipinski definition) is 4. The van der Waals surface area contributed by atoms with E-state index < -0.39 is 23.0 Å². The summed E-state index contributed by atoms with van der Waals surface area (Å²) < 4.78 is 11.2. The predicted octanol–water partition coefficient (Wildman–Crippen LogP) is 5.05. The molecule has 0 aromatic rings. The van der Waals surface area contributed by atoms with Crippen LogP contribution in [0.2, 0.25) is 0 Å². The molecule has 0 rings (SSSR count). The smallest absolute Gasteiger partial charge is 0.407 e. The number of carbonyl (C=O) groups excluding carboxylic acids is 3. The van der Waals surface area contributed by atoms with E-state index in [2.05, 4.69) is 50.6 Å². The van der Waals surface area contributed by atoms with E-state index in [-0.39, 0.29) is 48.9 Å². The summed E-state index contributed by atoms with van der Waals surface area (Å²) in [6.45, 7) is 23.2. The molecule has 3 amide bonds. The first kappa shape index (κ1) is 38.1. The minimum Gasteiger partial charge on any atom is -0.442 e. The van der Waals surface area contributed by atoms with Gasteiger partial charge in [-0.25, -0.2) is 4.79 Å². The van der Waals surface area contributed by atoms with E-state index in [9.17, 15) is 19.5 Å². The molecule has 40 heavy (non-hydrogen) atoms. The molecule has 0 aliphatic carbocycles. The standard InChI is InChI=1S/C31H61N3O6/c1-22(2)16-30(8,9)26(36)33-17-25(18-34-27(37)31(10,11)21-29(5,6)7)40-28(38)32-15-13-12-14-24(19-35)20-39-23(3)4/h22-25,35H,12-21H2,1-11H3,(H,32,38)(H,33,36)(H,34,37). The topological polar surface area (TPSA) is 126 Å². The van der Waals surface area contributed by atoms with Gasteiger partial charge in [-0.05, 0) is 50.9 Å². The summed E-state index contributed by atoms with van der Waals surface area (Å²) in [6.07, 6.45) is 2.59. The molecule has 9 nitrogen and oxygen atoms in total. The molecule has 0 saturated carbocycles. The largest absolute Gasteiger partial charge is 0.442 e. The number of amides is 3. The first-order valence-electron chi connectivity index (χ1n) is 15.0. The highest BCUT2D eigenvalue weighted by Gasteiger charge is 2.33. The zero-order valence-electron chi connectivity index (χ0n) is 27.4. The molecule has 4 N–H and O–H groups in total. The van der Waals surface area contributed by atoms with E-state index >= 15 is 0 Å². The van der Waals surface area contributed by atoms with Crippen LogP contribution in [0.25, 0.3) is 0 Å². The second-order valence-electron chi connectivity index (χ2n) is 14.4. The van der Waals surface area contributed by atoms with Crippen molar-refractivity contribution in [1.82, 2.24) is 16.0 Å². The lowest BCUT2D eigenvalue weighted by Gasteiger charge is -2.32. The summed E-state index contributed by atoms with van der Waals surface area (Å²) in [5.41, 5.74) is -1.18. The summed E-state index contributed by atoms with van der Waals surface area (Å²) in [7, 11) is 0. The van der Waals surface area contributed by atoms with Gasteiger partial charge in [0.15, 0.2) is 0 Å². The molecule has 0 spiro atoms. The minimum absolute atomic E-state index is 0.0226. The van der Waals surface area contributed by atoms with Crippen LogP contribution in [-0.4, -0.2) is 68.1 Å². The van der Waals surface area contributed by atoms with E-state index in [0.717, 1.165) is 25.7 Å². The normalized spacial score (nSPS) is 14.2. The summed E-state index contributed by atoms with van der Waals surface area (Å²) in [4.78, 5) is 38.4. The molecule has 0 aromatic heterocycles. The van der Waals surface area contributed by atoms with E-state index in [1.807, 2.05) is 41.5 Å². The Kier molecular flexibility index (Phi) is 17.0. The van der Waals surface area contributed by atoms with Gasteiger partial charge >= 0.3 is 6.09 Å². The van der Waals surface area contributed by atoms with Crippen LogP contribution in [0.5, 0.6) is 0 Å². The molecule has 0 aliphatic heterocycles. The Morgan fingerprint density at radius 2 is 1.35 bits per heavy atom. The number of carbonyl (C=O) groups is 3. The van der Waals surface area contributed by atoms with Crippen molar-refractivity contribution in [2.45, 2.75) is 120 Å². The number of nitrogens with one attached hydrogen (secondary N) is 3. The van der Waals surface area contributed by atoms with Crippen molar-refractivity contribution in [1.29, 1.82) is 0 Å². The lowest BCUT2D eigenvalue weighted by atomic mass is 9.76. The number of aliphatic hydroxyl groups is 1. The van der Waals surface area contributed by atoms with Gasteiger partial charge in [-0.15, -0.1) is 0 Å². The SMILES string of the molecule is CC(C)CC(C)(C)C(=O)NCC(CNC(=O)C(C)(C)CC(C)(C)C)OC(=O)NCCCCC(CO)COC(C)C. The molecule has 0 saturated heterocycles. The maximum Gasteiger partial charge on any atom is 0.407 e. The molecule has 0 aliphatic rings. The van der Waals surface area contributed by atoms with Crippen LogP contribution >= 0.6 is 0 Å². The Morgan fingerprint density at radius 1 is 0.800 bits per heavy atom. The quantitative estimate of drug-likeness (QED) is 0.161. The average molecular weight is 572 g/mol. The van der Waals surface area contributed by atoms with Crippen molar-refractivity contribution < 1.29 is 29.0 Å². The fraction of sp³-hybridized carbons (Fsp3) is 0.903. The van der Waals surface area contributed by atoms with Gasteiger partial charge in [-0.2, -0.15) is 0 Å². The lowest BCUT2D eigenvalue weighted by Crippen LogP contribution is -2.49. The maximum atomic E-state index is 13.0. The number of aliphatic hydroxyl groups excluding tert-OH is 1. The molecule has 0 bridgehead atoms. The number of hydrogen-bond acceptors (Lipinski definition) is 6. The van der Waals surface area contributed by atoms with Crippen molar-refractivity contribution >= 4 is 17.9 Å².